The smallest absolute Gasteiger partial charge is 0.338 e. The van der Waals surface area contributed by atoms with Crippen LogP contribution in [0.5, 0.6) is 0 Å². The summed E-state index contributed by atoms with van der Waals surface area (Å²) >= 11 is 0. The second kappa shape index (κ2) is 8.44. The normalized spacial score (nSPS) is 14.0. The van der Waals surface area contributed by atoms with E-state index in [1.54, 1.807) is 49.5 Å². The second-order valence-electron chi connectivity index (χ2n) is 5.75. The summed E-state index contributed by atoms with van der Waals surface area (Å²) in [6, 6.07) is 10.0. The number of aromatic nitrogens is 1. The minimum Gasteiger partial charge on any atom is -0.462 e. The third-order valence-corrected chi connectivity index (χ3v) is 4.00. The summed E-state index contributed by atoms with van der Waals surface area (Å²) in [6.07, 6.45) is 1.63. The van der Waals surface area contributed by atoms with Gasteiger partial charge in [-0.15, -0.1) is 0 Å². The lowest BCUT2D eigenvalue weighted by Gasteiger charge is -2.27. The van der Waals surface area contributed by atoms with E-state index in [0.29, 0.717) is 36.6 Å². The van der Waals surface area contributed by atoms with Crippen LogP contribution in [0, 0.1) is 0 Å². The average molecular weight is 355 g/mol. The molecule has 7 nitrogen and oxygen atoms in total. The van der Waals surface area contributed by atoms with E-state index in [0.717, 1.165) is 18.9 Å². The first-order chi connectivity index (χ1) is 12.7. The third-order valence-electron chi connectivity index (χ3n) is 4.00. The fourth-order valence-electron chi connectivity index (χ4n) is 2.63. The summed E-state index contributed by atoms with van der Waals surface area (Å²) in [5, 5.41) is 2.82. The first kappa shape index (κ1) is 17.9. The Morgan fingerprint density at radius 1 is 1.15 bits per heavy atom. The van der Waals surface area contributed by atoms with Crippen LogP contribution in [-0.2, 0) is 9.47 Å². The zero-order valence-electron chi connectivity index (χ0n) is 14.6. The number of pyridine rings is 1. The molecule has 0 saturated carbocycles. The number of benzene rings is 1. The fourth-order valence-corrected chi connectivity index (χ4v) is 2.63. The van der Waals surface area contributed by atoms with Gasteiger partial charge in [0.05, 0.1) is 25.4 Å². The van der Waals surface area contributed by atoms with Gasteiger partial charge in [0.25, 0.3) is 5.91 Å². The van der Waals surface area contributed by atoms with E-state index in [-0.39, 0.29) is 11.9 Å². The maximum Gasteiger partial charge on any atom is 0.338 e. The molecule has 7 heteroatoms. The topological polar surface area (TPSA) is 80.8 Å². The molecule has 1 aromatic carbocycles. The molecule has 0 radical (unpaired) electrons. The number of carbonyl (C=O) groups is 2. The Kier molecular flexibility index (Phi) is 5.80. The molecule has 1 saturated heterocycles. The van der Waals surface area contributed by atoms with Crippen molar-refractivity contribution in [1.29, 1.82) is 0 Å². The van der Waals surface area contributed by atoms with E-state index < -0.39 is 0 Å². The van der Waals surface area contributed by atoms with Crippen LogP contribution in [0.25, 0.3) is 0 Å². The van der Waals surface area contributed by atoms with Crippen LogP contribution in [0.4, 0.5) is 11.5 Å². The number of nitrogens with zero attached hydrogens (tertiary/aromatic N) is 2. The molecule has 136 valence electrons. The highest BCUT2D eigenvalue weighted by molar-refractivity contribution is 6.04. The van der Waals surface area contributed by atoms with E-state index >= 15 is 0 Å². The summed E-state index contributed by atoms with van der Waals surface area (Å²) in [6.45, 7) is 4.91. The molecule has 2 heterocycles. The number of hydrogen-bond acceptors (Lipinski definition) is 6. The average Bonchev–Trinajstić information content (AvgIpc) is 2.69. The van der Waals surface area contributed by atoms with E-state index in [2.05, 4.69) is 15.2 Å². The molecule has 1 aromatic heterocycles. The number of morpholine rings is 1. The Morgan fingerprint density at radius 2 is 1.88 bits per heavy atom. The Bertz CT molecular complexity index is 771. The lowest BCUT2D eigenvalue weighted by Crippen LogP contribution is -2.36. The van der Waals surface area contributed by atoms with E-state index in [1.165, 1.54) is 0 Å². The number of carbonyl (C=O) groups excluding carboxylic acids is 2. The van der Waals surface area contributed by atoms with Crippen molar-refractivity contribution in [2.75, 3.05) is 43.1 Å². The molecule has 1 aliphatic rings. The quantitative estimate of drug-likeness (QED) is 0.829. The van der Waals surface area contributed by atoms with Gasteiger partial charge in [-0.1, -0.05) is 0 Å². The van der Waals surface area contributed by atoms with E-state index in [4.69, 9.17) is 9.47 Å². The van der Waals surface area contributed by atoms with Gasteiger partial charge < -0.3 is 19.7 Å². The fraction of sp³-hybridized carbons (Fsp3) is 0.316. The maximum absolute atomic E-state index is 12.5. The maximum atomic E-state index is 12.5. The van der Waals surface area contributed by atoms with Crippen molar-refractivity contribution in [3.8, 4) is 0 Å². The lowest BCUT2D eigenvalue weighted by atomic mass is 10.2. The minimum absolute atomic E-state index is 0.231. The van der Waals surface area contributed by atoms with Crippen molar-refractivity contribution in [3.05, 3.63) is 53.7 Å². The van der Waals surface area contributed by atoms with Crippen molar-refractivity contribution >= 4 is 23.4 Å². The Morgan fingerprint density at radius 3 is 2.58 bits per heavy atom. The SMILES string of the molecule is CCOC(=O)c1ccc(NC(=O)c2ccnc(N3CCOCC3)c2)cc1. The van der Waals surface area contributed by atoms with Gasteiger partial charge in [0.2, 0.25) is 0 Å². The Balaban J connectivity index is 1.67. The standard InChI is InChI=1S/C19H21N3O4/c1-2-26-19(24)14-3-5-16(6-4-14)21-18(23)15-7-8-20-17(13-15)22-9-11-25-12-10-22/h3-8,13H,2,9-12H2,1H3,(H,21,23). The Labute approximate surface area is 151 Å². The van der Waals surface area contributed by atoms with Crippen molar-refractivity contribution in [2.45, 2.75) is 6.92 Å². The first-order valence-corrected chi connectivity index (χ1v) is 8.54. The molecule has 0 atom stereocenters. The molecular formula is C19H21N3O4. The highest BCUT2D eigenvalue weighted by atomic mass is 16.5. The number of anilines is 2. The number of amides is 1. The molecular weight excluding hydrogens is 334 g/mol. The summed E-state index contributed by atoms with van der Waals surface area (Å²) in [5.41, 5.74) is 1.58. The van der Waals surface area contributed by atoms with Gasteiger partial charge in [0.15, 0.2) is 0 Å². The van der Waals surface area contributed by atoms with Gasteiger partial charge in [-0.3, -0.25) is 4.79 Å². The zero-order chi connectivity index (χ0) is 18.4. The molecule has 26 heavy (non-hydrogen) atoms. The van der Waals surface area contributed by atoms with Crippen molar-refractivity contribution < 1.29 is 19.1 Å². The van der Waals surface area contributed by atoms with Gasteiger partial charge in [-0.25, -0.2) is 9.78 Å². The molecule has 1 aliphatic heterocycles. The number of hydrogen-bond donors (Lipinski definition) is 1. The molecule has 0 spiro atoms. The predicted molar refractivity (Wildman–Crippen MR) is 97.6 cm³/mol. The molecule has 2 aromatic rings. The van der Waals surface area contributed by atoms with Crippen LogP contribution in [0.15, 0.2) is 42.6 Å². The molecule has 1 N–H and O–H groups in total. The van der Waals surface area contributed by atoms with E-state index in [1.807, 2.05) is 0 Å². The second-order valence-corrected chi connectivity index (χ2v) is 5.75. The summed E-state index contributed by atoms with van der Waals surface area (Å²) in [7, 11) is 0. The van der Waals surface area contributed by atoms with Gasteiger partial charge in [-0.2, -0.15) is 0 Å². The van der Waals surface area contributed by atoms with Crippen molar-refractivity contribution in [2.24, 2.45) is 0 Å². The molecule has 0 unspecified atom stereocenters. The molecule has 0 bridgehead atoms. The number of rotatable bonds is 5. The zero-order valence-corrected chi connectivity index (χ0v) is 14.6. The van der Waals surface area contributed by atoms with Crippen LogP contribution in [-0.4, -0.2) is 49.8 Å². The summed E-state index contributed by atoms with van der Waals surface area (Å²) < 4.78 is 10.3. The van der Waals surface area contributed by atoms with E-state index in [9.17, 15) is 9.59 Å². The third kappa shape index (κ3) is 4.37. The van der Waals surface area contributed by atoms with Gasteiger partial charge >= 0.3 is 5.97 Å². The monoisotopic (exact) mass is 355 g/mol. The highest BCUT2D eigenvalue weighted by Crippen LogP contribution is 2.16. The molecule has 1 fully saturated rings. The first-order valence-electron chi connectivity index (χ1n) is 8.54. The number of nitrogens with one attached hydrogen (secondary N) is 1. The van der Waals surface area contributed by atoms with Crippen LogP contribution >= 0.6 is 0 Å². The Hall–Kier alpha value is -2.93. The summed E-state index contributed by atoms with van der Waals surface area (Å²) in [5.74, 6) is 0.152. The van der Waals surface area contributed by atoms with Gasteiger partial charge in [0.1, 0.15) is 5.82 Å². The van der Waals surface area contributed by atoms with Crippen molar-refractivity contribution in [1.82, 2.24) is 4.98 Å². The van der Waals surface area contributed by atoms with Crippen LogP contribution in [0.3, 0.4) is 0 Å². The molecule has 0 aliphatic carbocycles. The summed E-state index contributed by atoms with van der Waals surface area (Å²) in [4.78, 5) is 30.6. The highest BCUT2D eigenvalue weighted by Gasteiger charge is 2.15. The van der Waals surface area contributed by atoms with Crippen LogP contribution < -0.4 is 10.2 Å². The predicted octanol–water partition coefficient (Wildman–Crippen LogP) is 2.35. The van der Waals surface area contributed by atoms with Crippen molar-refractivity contribution in [3.63, 3.8) is 0 Å². The number of esters is 1. The van der Waals surface area contributed by atoms with Crippen LogP contribution in [0.2, 0.25) is 0 Å². The largest absolute Gasteiger partial charge is 0.462 e. The van der Waals surface area contributed by atoms with Crippen LogP contribution in [0.1, 0.15) is 27.6 Å². The minimum atomic E-state index is -0.380. The lowest BCUT2D eigenvalue weighted by molar-refractivity contribution is 0.0526. The number of ether oxygens (including phenoxy) is 2. The molecule has 1 amide bonds. The van der Waals surface area contributed by atoms with Gasteiger partial charge in [-0.05, 0) is 43.3 Å². The molecule has 3 rings (SSSR count). The van der Waals surface area contributed by atoms with Gasteiger partial charge in [0, 0.05) is 30.5 Å².